The lowest BCUT2D eigenvalue weighted by Crippen LogP contribution is -2.30. The minimum atomic E-state index is -0.369. The number of anilines is 1. The smallest absolute Gasteiger partial charge is 0.231 e. The van der Waals surface area contributed by atoms with Crippen molar-refractivity contribution in [3.63, 3.8) is 0 Å². The molecule has 3 heterocycles. The molecule has 0 unspecified atom stereocenters. The first-order valence-electron chi connectivity index (χ1n) is 10.0. The second-order valence-corrected chi connectivity index (χ2v) is 8.81. The molecule has 9 heteroatoms. The molecule has 1 aliphatic rings. The van der Waals surface area contributed by atoms with Crippen LogP contribution in [0.3, 0.4) is 0 Å². The molecule has 158 valence electrons. The lowest BCUT2D eigenvalue weighted by atomic mass is 10.1. The van der Waals surface area contributed by atoms with Crippen LogP contribution < -0.4 is 10.1 Å². The van der Waals surface area contributed by atoms with Crippen LogP contribution in [0.5, 0.6) is 5.75 Å². The van der Waals surface area contributed by atoms with Gasteiger partial charge in [0.15, 0.2) is 0 Å². The van der Waals surface area contributed by atoms with Crippen LogP contribution in [0, 0.1) is 5.92 Å². The summed E-state index contributed by atoms with van der Waals surface area (Å²) in [6.45, 7) is 5.06. The monoisotopic (exact) mass is 427 g/mol. The standard InChI is InChI=1S/C21H25N5O3S/c1-12(2)20-24-25-21(30-20)23-19(28)14-8-18(27)26(11-14)7-6-13-10-22-17-5-4-15(29-3)9-16(13)17/h4-5,9-10,12,14,22H,6-8,11H2,1-3H3,(H,23,25,28)/t14-/m1/s1. The maximum Gasteiger partial charge on any atom is 0.231 e. The van der Waals surface area contributed by atoms with Crippen LogP contribution in [0.25, 0.3) is 10.9 Å². The molecule has 0 aliphatic carbocycles. The third-order valence-corrected chi connectivity index (χ3v) is 6.51. The second-order valence-electron chi connectivity index (χ2n) is 7.81. The SMILES string of the molecule is COc1ccc2[nH]cc(CCN3C[C@H](C(=O)Nc4nnc(C(C)C)s4)CC3=O)c2c1. The minimum Gasteiger partial charge on any atom is -0.497 e. The summed E-state index contributed by atoms with van der Waals surface area (Å²) in [6, 6.07) is 5.89. The zero-order chi connectivity index (χ0) is 21.3. The third-order valence-electron chi connectivity index (χ3n) is 5.38. The molecule has 0 saturated carbocycles. The quantitative estimate of drug-likeness (QED) is 0.603. The summed E-state index contributed by atoms with van der Waals surface area (Å²) < 4.78 is 5.31. The van der Waals surface area contributed by atoms with Crippen molar-refractivity contribution in [1.82, 2.24) is 20.1 Å². The topological polar surface area (TPSA) is 100 Å². The van der Waals surface area contributed by atoms with Gasteiger partial charge in [0.05, 0.1) is 13.0 Å². The molecule has 1 saturated heterocycles. The van der Waals surface area contributed by atoms with E-state index in [-0.39, 0.29) is 30.1 Å². The largest absolute Gasteiger partial charge is 0.497 e. The summed E-state index contributed by atoms with van der Waals surface area (Å²) in [5.41, 5.74) is 2.16. The molecule has 2 aromatic heterocycles. The van der Waals surface area contributed by atoms with E-state index in [4.69, 9.17) is 4.74 Å². The molecule has 1 atom stereocenters. The van der Waals surface area contributed by atoms with Crippen molar-refractivity contribution in [1.29, 1.82) is 0 Å². The van der Waals surface area contributed by atoms with Crippen LogP contribution in [0.2, 0.25) is 0 Å². The summed E-state index contributed by atoms with van der Waals surface area (Å²) in [5.74, 6) is 0.532. The molecule has 2 amide bonds. The number of nitrogens with zero attached hydrogens (tertiary/aromatic N) is 3. The highest BCUT2D eigenvalue weighted by Crippen LogP contribution is 2.27. The fourth-order valence-electron chi connectivity index (χ4n) is 3.64. The van der Waals surface area contributed by atoms with Gasteiger partial charge in [0.25, 0.3) is 0 Å². The number of aromatic nitrogens is 3. The van der Waals surface area contributed by atoms with Crippen LogP contribution >= 0.6 is 11.3 Å². The summed E-state index contributed by atoms with van der Waals surface area (Å²) in [7, 11) is 1.65. The number of rotatable bonds is 7. The third kappa shape index (κ3) is 4.16. The van der Waals surface area contributed by atoms with Crippen molar-refractivity contribution in [3.8, 4) is 5.75 Å². The first-order chi connectivity index (χ1) is 14.4. The van der Waals surface area contributed by atoms with Crippen molar-refractivity contribution >= 4 is 39.2 Å². The van der Waals surface area contributed by atoms with Crippen LogP contribution in [0.4, 0.5) is 5.13 Å². The molecule has 1 aromatic carbocycles. The molecule has 0 radical (unpaired) electrons. The summed E-state index contributed by atoms with van der Waals surface area (Å²) in [6.07, 6.45) is 2.90. The van der Waals surface area contributed by atoms with Gasteiger partial charge < -0.3 is 19.9 Å². The van der Waals surface area contributed by atoms with Gasteiger partial charge in [-0.15, -0.1) is 10.2 Å². The van der Waals surface area contributed by atoms with E-state index in [2.05, 4.69) is 20.5 Å². The summed E-state index contributed by atoms with van der Waals surface area (Å²) in [5, 5.41) is 13.4. The van der Waals surface area contributed by atoms with Crippen molar-refractivity contribution in [3.05, 3.63) is 35.0 Å². The van der Waals surface area contributed by atoms with E-state index in [0.29, 0.717) is 24.6 Å². The normalized spacial score (nSPS) is 16.6. The number of H-pyrrole nitrogens is 1. The number of benzene rings is 1. The Kier molecular flexibility index (Phi) is 5.72. The van der Waals surface area contributed by atoms with Gasteiger partial charge in [-0.3, -0.25) is 9.59 Å². The predicted molar refractivity (Wildman–Crippen MR) is 116 cm³/mol. The molecular weight excluding hydrogens is 402 g/mol. The Bertz CT molecular complexity index is 1070. The van der Waals surface area contributed by atoms with Crippen LogP contribution in [0.1, 0.15) is 36.8 Å². The van der Waals surface area contributed by atoms with E-state index < -0.39 is 0 Å². The van der Waals surface area contributed by atoms with Crippen LogP contribution in [-0.2, 0) is 16.0 Å². The number of amides is 2. The number of hydrogen-bond donors (Lipinski definition) is 2. The highest BCUT2D eigenvalue weighted by molar-refractivity contribution is 7.15. The molecule has 4 rings (SSSR count). The molecule has 0 bridgehead atoms. The zero-order valence-electron chi connectivity index (χ0n) is 17.3. The molecule has 1 fully saturated rings. The van der Waals surface area contributed by atoms with Gasteiger partial charge >= 0.3 is 0 Å². The Morgan fingerprint density at radius 2 is 2.23 bits per heavy atom. The highest BCUT2D eigenvalue weighted by atomic mass is 32.1. The van der Waals surface area contributed by atoms with Crippen LogP contribution in [0.15, 0.2) is 24.4 Å². The van der Waals surface area contributed by atoms with Crippen molar-refractivity contribution in [2.75, 3.05) is 25.5 Å². The van der Waals surface area contributed by atoms with Gasteiger partial charge in [0.2, 0.25) is 16.9 Å². The molecule has 1 aliphatic heterocycles. The van der Waals surface area contributed by atoms with E-state index in [1.54, 1.807) is 12.0 Å². The van der Waals surface area contributed by atoms with Crippen molar-refractivity contribution in [2.24, 2.45) is 5.92 Å². The van der Waals surface area contributed by atoms with Gasteiger partial charge in [0, 0.05) is 42.5 Å². The highest BCUT2D eigenvalue weighted by Gasteiger charge is 2.34. The molecular formula is C21H25N5O3S. The number of nitrogens with one attached hydrogen (secondary N) is 2. The fraction of sp³-hybridized carbons (Fsp3) is 0.429. The molecule has 2 N–H and O–H groups in total. The predicted octanol–water partition coefficient (Wildman–Crippen LogP) is 3.18. The Morgan fingerprint density at radius 1 is 1.40 bits per heavy atom. The van der Waals surface area contributed by atoms with Gasteiger partial charge in [-0.2, -0.15) is 0 Å². The number of hydrogen-bond acceptors (Lipinski definition) is 6. The number of methoxy groups -OCH3 is 1. The number of carbonyl (C=O) groups is 2. The zero-order valence-corrected chi connectivity index (χ0v) is 18.1. The number of fused-ring (bicyclic) bond motifs is 1. The summed E-state index contributed by atoms with van der Waals surface area (Å²) >= 11 is 1.38. The lowest BCUT2D eigenvalue weighted by molar-refractivity contribution is -0.128. The molecule has 30 heavy (non-hydrogen) atoms. The van der Waals surface area contributed by atoms with Gasteiger partial charge in [-0.1, -0.05) is 25.2 Å². The maximum atomic E-state index is 12.6. The van der Waals surface area contributed by atoms with E-state index in [9.17, 15) is 9.59 Å². The molecule has 0 spiro atoms. The van der Waals surface area contributed by atoms with Gasteiger partial charge in [0.1, 0.15) is 10.8 Å². The Balaban J connectivity index is 1.36. The van der Waals surface area contributed by atoms with Crippen LogP contribution in [-0.4, -0.2) is 52.1 Å². The van der Waals surface area contributed by atoms with Gasteiger partial charge in [-0.25, -0.2) is 0 Å². The van der Waals surface area contributed by atoms with E-state index in [1.165, 1.54) is 11.3 Å². The van der Waals surface area contributed by atoms with Gasteiger partial charge in [-0.05, 0) is 30.2 Å². The lowest BCUT2D eigenvalue weighted by Gasteiger charge is -2.16. The average Bonchev–Trinajstić information content (AvgIpc) is 3.44. The average molecular weight is 428 g/mol. The van der Waals surface area contributed by atoms with E-state index in [0.717, 1.165) is 27.2 Å². The Morgan fingerprint density at radius 3 is 2.97 bits per heavy atom. The Labute approximate surface area is 178 Å². The first kappa shape index (κ1) is 20.3. The Hall–Kier alpha value is -2.94. The number of aromatic amines is 1. The molecule has 8 nitrogen and oxygen atoms in total. The minimum absolute atomic E-state index is 0.00713. The maximum absolute atomic E-state index is 12.6. The van der Waals surface area contributed by atoms with E-state index in [1.807, 2.05) is 38.2 Å². The fourth-order valence-corrected chi connectivity index (χ4v) is 4.39. The number of likely N-dealkylation sites (tertiary alicyclic amines) is 1. The first-order valence-corrected chi connectivity index (χ1v) is 10.8. The van der Waals surface area contributed by atoms with E-state index >= 15 is 0 Å². The second kappa shape index (κ2) is 8.43. The van der Waals surface area contributed by atoms with Crippen molar-refractivity contribution in [2.45, 2.75) is 32.6 Å². The summed E-state index contributed by atoms with van der Waals surface area (Å²) in [4.78, 5) is 30.1. The number of carbonyl (C=O) groups excluding carboxylic acids is 2. The molecule has 3 aromatic rings. The number of ether oxygens (including phenoxy) is 1. The van der Waals surface area contributed by atoms with Crippen molar-refractivity contribution < 1.29 is 14.3 Å².